The molecule has 1 aromatic carbocycles. The molecule has 30 heavy (non-hydrogen) atoms. The lowest BCUT2D eigenvalue weighted by atomic mass is 9.97. The van der Waals surface area contributed by atoms with Crippen molar-refractivity contribution in [2.45, 2.75) is 46.7 Å². The fraction of sp³-hybridized carbons (Fsp3) is 0.565. The molecule has 3 rings (SSSR count). The Labute approximate surface area is 198 Å². The number of oxazole rings is 1. The zero-order chi connectivity index (χ0) is 20.6. The van der Waals surface area contributed by atoms with Crippen molar-refractivity contribution in [2.75, 3.05) is 33.2 Å². The second-order valence-corrected chi connectivity index (χ2v) is 8.01. The fourth-order valence-corrected chi connectivity index (χ4v) is 3.74. The van der Waals surface area contributed by atoms with Gasteiger partial charge in [-0.3, -0.25) is 9.89 Å². The number of nitrogens with zero attached hydrogens (tertiary/aromatic N) is 4. The Kier molecular flexibility index (Phi) is 10.1. The molecule has 1 N–H and O–H groups in total. The van der Waals surface area contributed by atoms with Crippen molar-refractivity contribution in [3.05, 3.63) is 53.2 Å². The van der Waals surface area contributed by atoms with Gasteiger partial charge >= 0.3 is 0 Å². The number of guanidine groups is 1. The van der Waals surface area contributed by atoms with E-state index in [2.05, 4.69) is 64.4 Å². The van der Waals surface area contributed by atoms with Crippen LogP contribution >= 0.6 is 24.0 Å². The molecule has 1 aliphatic heterocycles. The zero-order valence-corrected chi connectivity index (χ0v) is 21.1. The number of aliphatic imine (C=N–C) groups is 1. The lowest BCUT2D eigenvalue weighted by Gasteiger charge is -2.30. The molecule has 2 aromatic rings. The van der Waals surface area contributed by atoms with Gasteiger partial charge in [0, 0.05) is 26.7 Å². The predicted octanol–water partition coefficient (Wildman–Crippen LogP) is 4.22. The van der Waals surface area contributed by atoms with E-state index in [1.54, 1.807) is 0 Å². The molecule has 0 aliphatic carbocycles. The quantitative estimate of drug-likeness (QED) is 0.334. The first-order valence-corrected chi connectivity index (χ1v) is 10.7. The number of aromatic nitrogens is 1. The Morgan fingerprint density at radius 1 is 1.23 bits per heavy atom. The standard InChI is InChI=1S/C23H35N5O.HI/c1-5-24-23(27(4)16-21-9-7-6-8-10-21)25-15-20-11-13-28(14-12-20)17-22-26-18(2)19(3)29-22;/h6-10,20H,5,11-17H2,1-4H3,(H,24,25);1H. The molecule has 1 fully saturated rings. The minimum absolute atomic E-state index is 0. The smallest absolute Gasteiger partial charge is 0.208 e. The summed E-state index contributed by atoms with van der Waals surface area (Å²) in [5, 5.41) is 3.44. The summed E-state index contributed by atoms with van der Waals surface area (Å²) < 4.78 is 5.74. The van der Waals surface area contributed by atoms with Crippen LogP contribution in [0.1, 0.15) is 42.7 Å². The van der Waals surface area contributed by atoms with Gasteiger partial charge in [-0.1, -0.05) is 30.3 Å². The molecule has 0 bridgehead atoms. The molecule has 0 radical (unpaired) electrons. The van der Waals surface area contributed by atoms with Crippen LogP contribution in [0.3, 0.4) is 0 Å². The van der Waals surface area contributed by atoms with Crippen LogP contribution in [0.25, 0.3) is 0 Å². The first-order valence-electron chi connectivity index (χ1n) is 10.7. The highest BCUT2D eigenvalue weighted by Crippen LogP contribution is 2.20. The number of hydrogen-bond donors (Lipinski definition) is 1. The monoisotopic (exact) mass is 525 g/mol. The highest BCUT2D eigenvalue weighted by atomic mass is 127. The summed E-state index contributed by atoms with van der Waals surface area (Å²) in [5.74, 6) is 3.40. The van der Waals surface area contributed by atoms with E-state index >= 15 is 0 Å². The van der Waals surface area contributed by atoms with E-state index in [0.29, 0.717) is 5.92 Å². The Bertz CT molecular complexity index is 765. The van der Waals surface area contributed by atoms with Crippen LogP contribution in [-0.2, 0) is 13.1 Å². The largest absolute Gasteiger partial charge is 0.444 e. The summed E-state index contributed by atoms with van der Waals surface area (Å²) in [6, 6.07) is 10.5. The highest BCUT2D eigenvalue weighted by molar-refractivity contribution is 14.0. The lowest BCUT2D eigenvalue weighted by Crippen LogP contribution is -2.39. The van der Waals surface area contributed by atoms with Crippen molar-refractivity contribution in [3.63, 3.8) is 0 Å². The van der Waals surface area contributed by atoms with Crippen molar-refractivity contribution in [3.8, 4) is 0 Å². The van der Waals surface area contributed by atoms with Gasteiger partial charge in [0.2, 0.25) is 5.89 Å². The molecule has 1 aromatic heterocycles. The van der Waals surface area contributed by atoms with E-state index in [1.807, 2.05) is 13.8 Å². The van der Waals surface area contributed by atoms with Crippen LogP contribution < -0.4 is 5.32 Å². The lowest BCUT2D eigenvalue weighted by molar-refractivity contribution is 0.166. The van der Waals surface area contributed by atoms with Gasteiger partial charge in [0.05, 0.1) is 12.2 Å². The number of rotatable bonds is 7. The molecular formula is C23H36IN5O. The van der Waals surface area contributed by atoms with Crippen LogP contribution in [0.4, 0.5) is 0 Å². The molecule has 6 nitrogen and oxygen atoms in total. The summed E-state index contributed by atoms with van der Waals surface area (Å²) >= 11 is 0. The molecule has 166 valence electrons. The van der Waals surface area contributed by atoms with Gasteiger partial charge in [0.15, 0.2) is 5.96 Å². The molecule has 2 heterocycles. The third kappa shape index (κ3) is 7.27. The molecular weight excluding hydrogens is 489 g/mol. The maximum Gasteiger partial charge on any atom is 0.208 e. The van der Waals surface area contributed by atoms with Gasteiger partial charge in [0.25, 0.3) is 0 Å². The predicted molar refractivity (Wildman–Crippen MR) is 133 cm³/mol. The third-order valence-electron chi connectivity index (χ3n) is 5.60. The maximum absolute atomic E-state index is 5.74. The maximum atomic E-state index is 5.74. The average molecular weight is 525 g/mol. The summed E-state index contributed by atoms with van der Waals surface area (Å²) in [5.41, 5.74) is 2.30. The van der Waals surface area contributed by atoms with Gasteiger partial charge in [-0.2, -0.15) is 0 Å². The molecule has 0 saturated carbocycles. The normalized spacial score (nSPS) is 15.7. The van der Waals surface area contributed by atoms with Crippen molar-refractivity contribution in [1.82, 2.24) is 20.1 Å². The Hall–Kier alpha value is -1.61. The topological polar surface area (TPSA) is 56.9 Å². The van der Waals surface area contributed by atoms with Gasteiger partial charge in [-0.05, 0) is 58.2 Å². The summed E-state index contributed by atoms with van der Waals surface area (Å²) in [6.07, 6.45) is 2.34. The Balaban J connectivity index is 0.00000320. The van der Waals surface area contributed by atoms with E-state index in [0.717, 1.165) is 62.6 Å². The highest BCUT2D eigenvalue weighted by Gasteiger charge is 2.21. The van der Waals surface area contributed by atoms with E-state index in [9.17, 15) is 0 Å². The van der Waals surface area contributed by atoms with Crippen molar-refractivity contribution < 1.29 is 4.42 Å². The average Bonchev–Trinajstić information content (AvgIpc) is 3.04. The first kappa shape index (κ1) is 24.7. The van der Waals surface area contributed by atoms with E-state index in [1.165, 1.54) is 18.4 Å². The second kappa shape index (κ2) is 12.3. The summed E-state index contributed by atoms with van der Waals surface area (Å²) in [6.45, 7) is 11.7. The molecule has 0 atom stereocenters. The fourth-order valence-electron chi connectivity index (χ4n) is 3.74. The van der Waals surface area contributed by atoms with Gasteiger partial charge in [0.1, 0.15) is 5.76 Å². The second-order valence-electron chi connectivity index (χ2n) is 8.01. The van der Waals surface area contributed by atoms with Crippen molar-refractivity contribution in [1.29, 1.82) is 0 Å². The van der Waals surface area contributed by atoms with Crippen LogP contribution in [-0.4, -0.2) is 54.0 Å². The number of aryl methyl sites for hydroxylation is 2. The number of halogens is 1. The van der Waals surface area contributed by atoms with Crippen molar-refractivity contribution in [2.24, 2.45) is 10.9 Å². The molecule has 1 aliphatic rings. The SMILES string of the molecule is CCNC(=NCC1CCN(Cc2nc(C)c(C)o2)CC1)N(C)Cc1ccccc1.I. The molecule has 0 spiro atoms. The molecule has 0 unspecified atom stereocenters. The van der Waals surface area contributed by atoms with Crippen molar-refractivity contribution >= 4 is 29.9 Å². The number of hydrogen-bond acceptors (Lipinski definition) is 4. The molecule has 0 amide bonds. The Morgan fingerprint density at radius 2 is 1.93 bits per heavy atom. The van der Waals surface area contributed by atoms with Gasteiger partial charge < -0.3 is 14.6 Å². The number of piperidine rings is 1. The van der Waals surface area contributed by atoms with E-state index < -0.39 is 0 Å². The van der Waals surface area contributed by atoms with Gasteiger partial charge in [-0.25, -0.2) is 4.98 Å². The summed E-state index contributed by atoms with van der Waals surface area (Å²) in [4.78, 5) is 14.1. The molecule has 1 saturated heterocycles. The minimum Gasteiger partial charge on any atom is -0.444 e. The van der Waals surface area contributed by atoms with Crippen LogP contribution in [0.2, 0.25) is 0 Å². The Morgan fingerprint density at radius 3 is 2.53 bits per heavy atom. The number of likely N-dealkylation sites (tertiary alicyclic amines) is 1. The molecule has 7 heteroatoms. The van der Waals surface area contributed by atoms with E-state index in [-0.39, 0.29) is 24.0 Å². The van der Waals surface area contributed by atoms with E-state index in [4.69, 9.17) is 9.41 Å². The van der Waals surface area contributed by atoms with Crippen LogP contribution in [0.15, 0.2) is 39.7 Å². The number of nitrogens with one attached hydrogen (secondary N) is 1. The first-order chi connectivity index (χ1) is 14.0. The zero-order valence-electron chi connectivity index (χ0n) is 18.7. The number of benzene rings is 1. The summed E-state index contributed by atoms with van der Waals surface area (Å²) in [7, 11) is 2.11. The third-order valence-corrected chi connectivity index (χ3v) is 5.60. The van der Waals surface area contributed by atoms with Gasteiger partial charge in [-0.15, -0.1) is 24.0 Å². The van der Waals surface area contributed by atoms with Crippen LogP contribution in [0, 0.1) is 19.8 Å². The minimum atomic E-state index is 0. The van der Waals surface area contributed by atoms with Crippen LogP contribution in [0.5, 0.6) is 0 Å².